The monoisotopic (exact) mass is 324 g/mol. The standard InChI is InChI=1S/C20H36O3/c21-19-17-15-13-11-9-7-5-3-1-2-4-6-8-10-12-14-16-18-20(22)23/h8-11,21H,1-7,12-19H2,(H,22,23)/b10-8+,11-9+. The van der Waals surface area contributed by atoms with Crippen LogP contribution < -0.4 is 0 Å². The van der Waals surface area contributed by atoms with Crippen LogP contribution in [0.25, 0.3) is 0 Å². The summed E-state index contributed by atoms with van der Waals surface area (Å²) < 4.78 is 0. The fourth-order valence-corrected chi connectivity index (χ4v) is 2.44. The zero-order valence-corrected chi connectivity index (χ0v) is 14.7. The molecule has 0 aliphatic carbocycles. The number of carboxylic acids is 1. The molecule has 0 atom stereocenters. The van der Waals surface area contributed by atoms with Crippen LogP contribution in [-0.2, 0) is 4.79 Å². The summed E-state index contributed by atoms with van der Waals surface area (Å²) in [5.74, 6) is -0.689. The molecule has 0 bridgehead atoms. The molecule has 0 amide bonds. The maximum atomic E-state index is 10.3. The van der Waals surface area contributed by atoms with Crippen LogP contribution in [0.4, 0.5) is 0 Å². The Hall–Kier alpha value is -1.09. The molecule has 134 valence electrons. The van der Waals surface area contributed by atoms with Gasteiger partial charge in [0.25, 0.3) is 0 Å². The molecule has 0 heterocycles. The summed E-state index contributed by atoms with van der Waals surface area (Å²) in [6.07, 6.45) is 24.0. The maximum absolute atomic E-state index is 10.3. The molecule has 0 aromatic rings. The average molecular weight is 325 g/mol. The number of carboxylic acid groups (broad SMARTS) is 1. The van der Waals surface area contributed by atoms with Crippen LogP contribution in [0.15, 0.2) is 24.3 Å². The Morgan fingerprint density at radius 1 is 0.609 bits per heavy atom. The van der Waals surface area contributed by atoms with Crippen LogP contribution in [0.5, 0.6) is 0 Å². The molecule has 3 nitrogen and oxygen atoms in total. The summed E-state index contributed by atoms with van der Waals surface area (Å²) in [5.41, 5.74) is 0. The lowest BCUT2D eigenvalue weighted by atomic mass is 10.1. The number of hydrogen-bond donors (Lipinski definition) is 2. The van der Waals surface area contributed by atoms with E-state index in [1.54, 1.807) is 0 Å². The van der Waals surface area contributed by atoms with Gasteiger partial charge in [0.05, 0.1) is 0 Å². The quantitative estimate of drug-likeness (QED) is 0.269. The third-order valence-electron chi connectivity index (χ3n) is 3.87. The van der Waals surface area contributed by atoms with Crippen molar-refractivity contribution in [2.75, 3.05) is 6.61 Å². The highest BCUT2D eigenvalue weighted by Gasteiger charge is 1.94. The smallest absolute Gasteiger partial charge is 0.303 e. The third kappa shape index (κ3) is 20.9. The van der Waals surface area contributed by atoms with Gasteiger partial charge in [0, 0.05) is 13.0 Å². The van der Waals surface area contributed by atoms with Gasteiger partial charge in [-0.15, -0.1) is 0 Å². The van der Waals surface area contributed by atoms with Crippen LogP contribution in [0.2, 0.25) is 0 Å². The van der Waals surface area contributed by atoms with Crippen LogP contribution in [0.1, 0.15) is 89.9 Å². The minimum Gasteiger partial charge on any atom is -0.481 e. The summed E-state index contributed by atoms with van der Waals surface area (Å²) in [4.78, 5) is 10.3. The molecule has 2 N–H and O–H groups in total. The van der Waals surface area contributed by atoms with Gasteiger partial charge in [-0.2, -0.15) is 0 Å². The number of aliphatic hydroxyl groups is 1. The van der Waals surface area contributed by atoms with Gasteiger partial charge in [0.2, 0.25) is 0 Å². The highest BCUT2D eigenvalue weighted by molar-refractivity contribution is 5.66. The number of hydrogen-bond acceptors (Lipinski definition) is 2. The van der Waals surface area contributed by atoms with E-state index in [9.17, 15) is 4.79 Å². The zero-order chi connectivity index (χ0) is 17.0. The Labute approximate surface area is 142 Å². The first kappa shape index (κ1) is 21.9. The van der Waals surface area contributed by atoms with Crippen molar-refractivity contribution < 1.29 is 15.0 Å². The molecular weight excluding hydrogens is 288 g/mol. The first-order chi connectivity index (χ1) is 11.3. The third-order valence-corrected chi connectivity index (χ3v) is 3.87. The van der Waals surface area contributed by atoms with Gasteiger partial charge < -0.3 is 10.2 Å². The van der Waals surface area contributed by atoms with Gasteiger partial charge in [-0.3, -0.25) is 4.79 Å². The molecule has 23 heavy (non-hydrogen) atoms. The number of carbonyl (C=O) groups is 1. The normalized spacial score (nSPS) is 11.7. The molecule has 0 aliphatic rings. The zero-order valence-electron chi connectivity index (χ0n) is 14.7. The molecule has 0 aromatic carbocycles. The molecule has 3 heteroatoms. The lowest BCUT2D eigenvalue weighted by molar-refractivity contribution is -0.137. The van der Waals surface area contributed by atoms with E-state index < -0.39 is 5.97 Å². The fourth-order valence-electron chi connectivity index (χ4n) is 2.44. The van der Waals surface area contributed by atoms with Crippen molar-refractivity contribution in [3.05, 3.63) is 24.3 Å². The van der Waals surface area contributed by atoms with Crippen LogP contribution in [0.3, 0.4) is 0 Å². The molecule has 0 aliphatic heterocycles. The Morgan fingerprint density at radius 2 is 1.00 bits per heavy atom. The highest BCUT2D eigenvalue weighted by atomic mass is 16.4. The van der Waals surface area contributed by atoms with Crippen LogP contribution in [-0.4, -0.2) is 22.8 Å². The van der Waals surface area contributed by atoms with E-state index in [1.807, 2.05) is 0 Å². The molecular formula is C20H36O3. The number of unbranched alkanes of at least 4 members (excludes halogenated alkanes) is 10. The predicted octanol–water partition coefficient (Wildman–Crippen LogP) is 5.64. The second-order valence-electron chi connectivity index (χ2n) is 6.15. The molecule has 0 rings (SSSR count). The number of aliphatic hydroxyl groups excluding tert-OH is 1. The molecule has 0 unspecified atom stereocenters. The highest BCUT2D eigenvalue weighted by Crippen LogP contribution is 2.09. The maximum Gasteiger partial charge on any atom is 0.303 e. The minimum atomic E-state index is -0.689. The van der Waals surface area contributed by atoms with E-state index in [4.69, 9.17) is 10.2 Å². The molecule has 0 spiro atoms. The summed E-state index contributed by atoms with van der Waals surface area (Å²) in [6, 6.07) is 0. The Balaban J connectivity index is 3.14. The summed E-state index contributed by atoms with van der Waals surface area (Å²) >= 11 is 0. The largest absolute Gasteiger partial charge is 0.481 e. The SMILES string of the molecule is O=C(O)CCCC/C=C/CCCCCCC/C=C/CCCCO. The van der Waals surface area contributed by atoms with Crippen molar-refractivity contribution in [3.63, 3.8) is 0 Å². The van der Waals surface area contributed by atoms with Crippen molar-refractivity contribution in [1.82, 2.24) is 0 Å². The number of allylic oxidation sites excluding steroid dienone is 4. The van der Waals surface area contributed by atoms with Crippen molar-refractivity contribution in [1.29, 1.82) is 0 Å². The van der Waals surface area contributed by atoms with E-state index >= 15 is 0 Å². The molecule has 0 aromatic heterocycles. The van der Waals surface area contributed by atoms with Crippen LogP contribution >= 0.6 is 0 Å². The fraction of sp³-hybridized carbons (Fsp3) is 0.750. The first-order valence-corrected chi connectivity index (χ1v) is 9.40. The molecule has 0 saturated heterocycles. The van der Waals surface area contributed by atoms with Gasteiger partial charge in [-0.1, -0.05) is 43.6 Å². The minimum absolute atomic E-state index is 0.297. The lowest BCUT2D eigenvalue weighted by Crippen LogP contribution is -1.92. The van der Waals surface area contributed by atoms with Crippen molar-refractivity contribution >= 4 is 5.97 Å². The van der Waals surface area contributed by atoms with E-state index in [0.29, 0.717) is 13.0 Å². The van der Waals surface area contributed by atoms with Gasteiger partial charge in [0.1, 0.15) is 0 Å². The Bertz CT molecular complexity index is 308. The predicted molar refractivity (Wildman–Crippen MR) is 97.6 cm³/mol. The van der Waals surface area contributed by atoms with Crippen molar-refractivity contribution in [2.24, 2.45) is 0 Å². The second kappa shape index (κ2) is 19.0. The van der Waals surface area contributed by atoms with Gasteiger partial charge >= 0.3 is 5.97 Å². The summed E-state index contributed by atoms with van der Waals surface area (Å²) in [7, 11) is 0. The number of aliphatic carboxylic acids is 1. The molecule has 0 fully saturated rings. The van der Waals surface area contributed by atoms with Gasteiger partial charge in [0.15, 0.2) is 0 Å². The Kier molecular flexibility index (Phi) is 18.1. The van der Waals surface area contributed by atoms with Gasteiger partial charge in [-0.25, -0.2) is 0 Å². The lowest BCUT2D eigenvalue weighted by Gasteiger charge is -1.98. The van der Waals surface area contributed by atoms with E-state index in [0.717, 1.165) is 44.9 Å². The van der Waals surface area contributed by atoms with Gasteiger partial charge in [-0.05, 0) is 64.2 Å². The first-order valence-electron chi connectivity index (χ1n) is 9.40. The molecule has 0 saturated carbocycles. The van der Waals surface area contributed by atoms with E-state index in [-0.39, 0.29) is 0 Å². The average Bonchev–Trinajstić information content (AvgIpc) is 2.53. The second-order valence-corrected chi connectivity index (χ2v) is 6.15. The molecule has 0 radical (unpaired) electrons. The summed E-state index contributed by atoms with van der Waals surface area (Å²) in [6.45, 7) is 0.313. The number of rotatable bonds is 17. The van der Waals surface area contributed by atoms with Crippen molar-refractivity contribution in [3.8, 4) is 0 Å². The Morgan fingerprint density at radius 3 is 1.43 bits per heavy atom. The summed E-state index contributed by atoms with van der Waals surface area (Å²) in [5, 5.41) is 17.2. The van der Waals surface area contributed by atoms with E-state index in [2.05, 4.69) is 24.3 Å². The van der Waals surface area contributed by atoms with Crippen molar-refractivity contribution in [2.45, 2.75) is 89.9 Å². The van der Waals surface area contributed by atoms with Crippen LogP contribution in [0, 0.1) is 0 Å². The van der Waals surface area contributed by atoms with E-state index in [1.165, 1.54) is 38.5 Å². The topological polar surface area (TPSA) is 57.5 Å².